The third kappa shape index (κ3) is 2.44. The summed E-state index contributed by atoms with van der Waals surface area (Å²) < 4.78 is 5.34. The first-order chi connectivity index (χ1) is 11.6. The van der Waals surface area contributed by atoms with Crippen LogP contribution in [-0.2, 0) is 14.3 Å². The Kier molecular flexibility index (Phi) is 3.87. The van der Waals surface area contributed by atoms with Gasteiger partial charge in [-0.3, -0.25) is 9.59 Å². The molecule has 1 unspecified atom stereocenters. The molecule has 1 atom stereocenters. The van der Waals surface area contributed by atoms with Gasteiger partial charge in [-0.15, -0.1) is 0 Å². The Balaban J connectivity index is 1.92. The number of benzene rings is 1. The van der Waals surface area contributed by atoms with Gasteiger partial charge in [0.1, 0.15) is 6.61 Å². The molecule has 3 aliphatic rings. The predicted octanol–water partition coefficient (Wildman–Crippen LogP) is 2.31. The smallest absolute Gasteiger partial charge is 0.249 e. The highest BCUT2D eigenvalue weighted by atomic mass is 35.5. The number of carbonyl (C=O) groups is 2. The van der Waals surface area contributed by atoms with Crippen molar-refractivity contribution in [2.45, 2.75) is 12.3 Å². The van der Waals surface area contributed by atoms with Crippen LogP contribution in [0.3, 0.4) is 0 Å². The molecule has 0 aliphatic carbocycles. The summed E-state index contributed by atoms with van der Waals surface area (Å²) in [5, 5.41) is 6.92. The Bertz CT molecular complexity index is 787. The zero-order valence-corrected chi connectivity index (χ0v) is 14.1. The van der Waals surface area contributed by atoms with Crippen molar-refractivity contribution in [1.82, 2.24) is 10.6 Å². The van der Waals surface area contributed by atoms with Crippen LogP contribution in [0.1, 0.15) is 17.9 Å². The van der Waals surface area contributed by atoms with Gasteiger partial charge in [-0.25, -0.2) is 0 Å². The summed E-state index contributed by atoms with van der Waals surface area (Å²) in [5.74, 6) is -0.738. The van der Waals surface area contributed by atoms with Crippen molar-refractivity contribution in [2.24, 2.45) is 0 Å². The number of dihydropyridines is 1. The minimum absolute atomic E-state index is 0.0164. The topological polar surface area (TPSA) is 67.4 Å². The van der Waals surface area contributed by atoms with E-state index < -0.39 is 5.92 Å². The number of halogens is 2. The molecule has 4 rings (SSSR count). The third-order valence-electron chi connectivity index (χ3n) is 4.49. The zero-order chi connectivity index (χ0) is 16.8. The number of Topliss-reactive ketones (excluding diaryl/α,β-unsaturated/α-hetero) is 1. The van der Waals surface area contributed by atoms with Crippen molar-refractivity contribution in [1.29, 1.82) is 0 Å². The lowest BCUT2D eigenvalue weighted by molar-refractivity contribution is -0.121. The summed E-state index contributed by atoms with van der Waals surface area (Å²) in [5.41, 5.74) is 3.50. The Hall–Kier alpha value is -1.82. The molecule has 0 aromatic heterocycles. The molecule has 0 fully saturated rings. The Labute approximate surface area is 148 Å². The highest BCUT2D eigenvalue weighted by Crippen LogP contribution is 2.42. The summed E-state index contributed by atoms with van der Waals surface area (Å²) in [7, 11) is 0. The fraction of sp³-hybridized carbons (Fsp3) is 0.294. The van der Waals surface area contributed by atoms with Gasteiger partial charge in [-0.1, -0.05) is 29.3 Å². The van der Waals surface area contributed by atoms with Crippen LogP contribution in [0, 0.1) is 0 Å². The van der Waals surface area contributed by atoms with E-state index in [0.29, 0.717) is 40.8 Å². The molecule has 0 radical (unpaired) electrons. The highest BCUT2D eigenvalue weighted by Gasteiger charge is 2.40. The lowest BCUT2D eigenvalue weighted by atomic mass is 9.76. The molecule has 1 aromatic rings. The van der Waals surface area contributed by atoms with E-state index in [0.717, 1.165) is 17.0 Å². The van der Waals surface area contributed by atoms with Crippen LogP contribution in [-0.4, -0.2) is 31.4 Å². The van der Waals surface area contributed by atoms with Gasteiger partial charge in [0, 0.05) is 41.4 Å². The van der Waals surface area contributed by atoms with Gasteiger partial charge >= 0.3 is 0 Å². The van der Waals surface area contributed by atoms with Gasteiger partial charge in [0.25, 0.3) is 0 Å². The molecule has 24 heavy (non-hydrogen) atoms. The van der Waals surface area contributed by atoms with Crippen molar-refractivity contribution in [3.05, 3.63) is 56.3 Å². The van der Waals surface area contributed by atoms with Crippen LogP contribution in [0.2, 0.25) is 10.0 Å². The molecule has 2 N–H and O–H groups in total. The fourth-order valence-corrected chi connectivity index (χ4v) is 3.77. The van der Waals surface area contributed by atoms with Crippen LogP contribution >= 0.6 is 23.2 Å². The highest BCUT2D eigenvalue weighted by molar-refractivity contribution is 6.42. The van der Waals surface area contributed by atoms with Crippen LogP contribution in [0.5, 0.6) is 0 Å². The fourth-order valence-electron chi connectivity index (χ4n) is 3.46. The maximum absolute atomic E-state index is 12.5. The average molecular weight is 365 g/mol. The van der Waals surface area contributed by atoms with Gasteiger partial charge in [0.15, 0.2) is 5.78 Å². The second kappa shape index (κ2) is 5.92. The molecule has 0 saturated carbocycles. The van der Waals surface area contributed by atoms with Crippen LogP contribution < -0.4 is 10.6 Å². The summed E-state index contributed by atoms with van der Waals surface area (Å²) in [6.45, 7) is 0.913. The lowest BCUT2D eigenvalue weighted by Crippen LogP contribution is -2.44. The van der Waals surface area contributed by atoms with Crippen LogP contribution in [0.25, 0.3) is 0 Å². The molecule has 1 aromatic carbocycles. The second-order valence-corrected chi connectivity index (χ2v) is 6.75. The number of hydrogen-bond acceptors (Lipinski definition) is 4. The van der Waals surface area contributed by atoms with E-state index in [2.05, 4.69) is 10.6 Å². The number of ketones is 1. The van der Waals surface area contributed by atoms with E-state index in [1.54, 1.807) is 12.1 Å². The summed E-state index contributed by atoms with van der Waals surface area (Å²) >= 11 is 12.2. The number of ether oxygens (including phenoxy) is 1. The molecule has 0 spiro atoms. The summed E-state index contributed by atoms with van der Waals surface area (Å²) in [6, 6.07) is 5.22. The van der Waals surface area contributed by atoms with Gasteiger partial charge in [-0.05, 0) is 17.7 Å². The number of rotatable bonds is 1. The molecular weight excluding hydrogens is 351 g/mol. The number of hydrogen-bond donors (Lipinski definition) is 2. The van der Waals surface area contributed by atoms with Crippen LogP contribution in [0.4, 0.5) is 0 Å². The van der Waals surface area contributed by atoms with E-state index in [1.807, 2.05) is 6.07 Å². The molecule has 124 valence electrons. The Morgan fingerprint density at radius 2 is 1.88 bits per heavy atom. The van der Waals surface area contributed by atoms with E-state index in [1.165, 1.54) is 0 Å². The molecule has 3 aliphatic heterocycles. The predicted molar refractivity (Wildman–Crippen MR) is 89.8 cm³/mol. The summed E-state index contributed by atoms with van der Waals surface area (Å²) in [6.07, 6.45) is 0.684. The van der Waals surface area contributed by atoms with E-state index in [-0.39, 0.29) is 18.3 Å². The minimum Gasteiger partial charge on any atom is -0.367 e. The SMILES string of the molecule is O=C1COCC2=C1C(c1ccc(Cl)c(Cl)c1)C1=C(CCNC1=O)N2. The first kappa shape index (κ1) is 15.7. The second-order valence-electron chi connectivity index (χ2n) is 5.94. The molecule has 3 heterocycles. The number of carbonyl (C=O) groups excluding carboxylic acids is 2. The van der Waals surface area contributed by atoms with E-state index >= 15 is 0 Å². The number of nitrogens with one attached hydrogen (secondary N) is 2. The van der Waals surface area contributed by atoms with Gasteiger partial charge in [0.2, 0.25) is 5.91 Å². The monoisotopic (exact) mass is 364 g/mol. The van der Waals surface area contributed by atoms with E-state index in [9.17, 15) is 9.59 Å². The molecule has 7 heteroatoms. The quantitative estimate of drug-likeness (QED) is 0.802. The first-order valence-electron chi connectivity index (χ1n) is 7.63. The van der Waals surface area contributed by atoms with Crippen molar-refractivity contribution in [3.8, 4) is 0 Å². The van der Waals surface area contributed by atoms with Gasteiger partial charge in [0.05, 0.1) is 16.7 Å². The largest absolute Gasteiger partial charge is 0.367 e. The number of amides is 1. The Morgan fingerprint density at radius 1 is 1.04 bits per heavy atom. The van der Waals surface area contributed by atoms with Crippen molar-refractivity contribution in [3.63, 3.8) is 0 Å². The molecule has 5 nitrogen and oxygen atoms in total. The van der Waals surface area contributed by atoms with Gasteiger partial charge < -0.3 is 15.4 Å². The van der Waals surface area contributed by atoms with Crippen molar-refractivity contribution >= 4 is 34.9 Å². The zero-order valence-electron chi connectivity index (χ0n) is 12.6. The first-order valence-corrected chi connectivity index (χ1v) is 8.39. The standard InChI is InChI=1S/C17H14Cl2N2O3/c18-9-2-1-8(5-10(9)19)14-15-12(6-24-7-13(15)22)21-11-3-4-20-17(23)16(11)14/h1-2,5,14,21H,3-4,6-7H2,(H,20,23). The lowest BCUT2D eigenvalue weighted by Gasteiger charge is -2.37. The molecule has 0 bridgehead atoms. The van der Waals surface area contributed by atoms with Crippen molar-refractivity contribution < 1.29 is 14.3 Å². The van der Waals surface area contributed by atoms with E-state index in [4.69, 9.17) is 27.9 Å². The average Bonchev–Trinajstić information content (AvgIpc) is 2.56. The summed E-state index contributed by atoms with van der Waals surface area (Å²) in [4.78, 5) is 25.0. The van der Waals surface area contributed by atoms with Crippen LogP contribution in [0.15, 0.2) is 40.7 Å². The molecular formula is C17H14Cl2N2O3. The van der Waals surface area contributed by atoms with Crippen molar-refractivity contribution in [2.75, 3.05) is 19.8 Å². The van der Waals surface area contributed by atoms with Gasteiger partial charge in [-0.2, -0.15) is 0 Å². The molecule has 0 saturated heterocycles. The third-order valence-corrected chi connectivity index (χ3v) is 5.23. The maximum atomic E-state index is 12.5. The molecule has 1 amide bonds. The Morgan fingerprint density at radius 3 is 2.67 bits per heavy atom. The minimum atomic E-state index is -0.456. The normalized spacial score (nSPS) is 23.5. The maximum Gasteiger partial charge on any atom is 0.249 e.